The highest BCUT2D eigenvalue weighted by Crippen LogP contribution is 2.23. The van der Waals surface area contributed by atoms with E-state index in [1.54, 1.807) is 46.4 Å². The number of amides is 1. The molecule has 112 valence electrons. The van der Waals surface area contributed by atoms with E-state index in [2.05, 4.69) is 21.1 Å². The van der Waals surface area contributed by atoms with Crippen LogP contribution in [0.2, 0.25) is 0 Å². The molecule has 0 atom stereocenters. The zero-order valence-electron chi connectivity index (χ0n) is 12.1. The van der Waals surface area contributed by atoms with Gasteiger partial charge >= 0.3 is 0 Å². The lowest BCUT2D eigenvalue weighted by Crippen LogP contribution is -2.50. The molecular formula is C16H12N6O. The van der Waals surface area contributed by atoms with Gasteiger partial charge in [0.15, 0.2) is 0 Å². The van der Waals surface area contributed by atoms with Gasteiger partial charge in [-0.2, -0.15) is 10.4 Å². The van der Waals surface area contributed by atoms with Gasteiger partial charge in [0.2, 0.25) is 0 Å². The first-order valence-corrected chi connectivity index (χ1v) is 7.19. The van der Waals surface area contributed by atoms with Gasteiger partial charge in [0.25, 0.3) is 5.91 Å². The molecule has 7 nitrogen and oxygen atoms in total. The number of likely N-dealkylation sites (tertiary alicyclic amines) is 1. The molecule has 1 aliphatic rings. The molecule has 0 bridgehead atoms. The van der Waals surface area contributed by atoms with Crippen molar-refractivity contribution in [1.29, 1.82) is 5.26 Å². The molecule has 1 saturated heterocycles. The predicted octanol–water partition coefficient (Wildman–Crippen LogP) is 1.40. The van der Waals surface area contributed by atoms with Crippen LogP contribution >= 0.6 is 0 Å². The number of nitrogens with zero attached hydrogens (tertiary/aromatic N) is 6. The molecule has 7 heteroatoms. The van der Waals surface area contributed by atoms with Gasteiger partial charge in [0, 0.05) is 37.2 Å². The van der Waals surface area contributed by atoms with Crippen LogP contribution in [0.1, 0.15) is 22.0 Å². The van der Waals surface area contributed by atoms with Crippen molar-refractivity contribution in [1.82, 2.24) is 24.6 Å². The Hall–Kier alpha value is -3.27. The number of rotatable bonds is 2. The summed E-state index contributed by atoms with van der Waals surface area (Å²) in [6.45, 7) is 1.17. The Balaban J connectivity index is 1.48. The van der Waals surface area contributed by atoms with Gasteiger partial charge in [-0.15, -0.1) is 0 Å². The van der Waals surface area contributed by atoms with Crippen LogP contribution in [0, 0.1) is 11.3 Å². The normalized spacial score (nSPS) is 14.5. The van der Waals surface area contributed by atoms with Crippen LogP contribution < -0.4 is 0 Å². The molecule has 1 amide bonds. The number of hydrogen-bond donors (Lipinski definition) is 0. The molecule has 1 fully saturated rings. The van der Waals surface area contributed by atoms with E-state index >= 15 is 0 Å². The second-order valence-electron chi connectivity index (χ2n) is 5.44. The van der Waals surface area contributed by atoms with Crippen molar-refractivity contribution in [3.05, 3.63) is 54.1 Å². The van der Waals surface area contributed by atoms with Gasteiger partial charge in [0.05, 0.1) is 28.8 Å². The first kappa shape index (κ1) is 13.4. The van der Waals surface area contributed by atoms with Crippen molar-refractivity contribution < 1.29 is 4.79 Å². The standard InChI is InChI=1S/C16H12N6O/c17-6-11-7-20-22(8-11)13-9-21(10-13)16(23)12-1-2-14-15(5-12)19-4-3-18-14/h1-5,7-8,13H,9-10H2. The third kappa shape index (κ3) is 2.30. The quantitative estimate of drug-likeness (QED) is 0.714. The summed E-state index contributed by atoms with van der Waals surface area (Å²) in [7, 11) is 0. The Morgan fingerprint density at radius 3 is 2.74 bits per heavy atom. The van der Waals surface area contributed by atoms with E-state index in [0.717, 1.165) is 5.52 Å². The fourth-order valence-electron chi connectivity index (χ4n) is 2.66. The molecule has 3 aromatic rings. The summed E-state index contributed by atoms with van der Waals surface area (Å²) in [4.78, 5) is 22.7. The zero-order chi connectivity index (χ0) is 15.8. The minimum Gasteiger partial charge on any atom is -0.334 e. The van der Waals surface area contributed by atoms with Crippen LogP contribution in [0.25, 0.3) is 11.0 Å². The number of aromatic nitrogens is 4. The summed E-state index contributed by atoms with van der Waals surface area (Å²) < 4.78 is 1.74. The lowest BCUT2D eigenvalue weighted by molar-refractivity contribution is 0.0501. The summed E-state index contributed by atoms with van der Waals surface area (Å²) in [5.74, 6) is -0.0264. The maximum Gasteiger partial charge on any atom is 0.254 e. The molecule has 3 heterocycles. The van der Waals surface area contributed by atoms with Gasteiger partial charge < -0.3 is 4.90 Å². The van der Waals surface area contributed by atoms with Crippen molar-refractivity contribution in [3.63, 3.8) is 0 Å². The molecule has 0 saturated carbocycles. The topological polar surface area (TPSA) is 87.7 Å². The lowest BCUT2D eigenvalue weighted by atomic mass is 10.1. The Morgan fingerprint density at radius 2 is 2.00 bits per heavy atom. The van der Waals surface area contributed by atoms with E-state index < -0.39 is 0 Å². The van der Waals surface area contributed by atoms with Crippen LogP contribution in [-0.4, -0.2) is 43.6 Å². The van der Waals surface area contributed by atoms with E-state index in [0.29, 0.717) is 29.7 Å². The van der Waals surface area contributed by atoms with Crippen molar-refractivity contribution in [3.8, 4) is 6.07 Å². The first-order valence-electron chi connectivity index (χ1n) is 7.19. The SMILES string of the molecule is N#Cc1cnn(C2CN(C(=O)c3ccc4nccnc4c3)C2)c1. The van der Waals surface area contributed by atoms with Gasteiger partial charge in [-0.3, -0.25) is 19.4 Å². The van der Waals surface area contributed by atoms with Crippen LogP contribution in [0.3, 0.4) is 0 Å². The average molecular weight is 304 g/mol. The Morgan fingerprint density at radius 1 is 1.22 bits per heavy atom. The molecule has 4 rings (SSSR count). The van der Waals surface area contributed by atoms with Crippen molar-refractivity contribution in [2.75, 3.05) is 13.1 Å². The molecule has 0 spiro atoms. The van der Waals surface area contributed by atoms with E-state index in [9.17, 15) is 4.79 Å². The summed E-state index contributed by atoms with van der Waals surface area (Å²) in [5.41, 5.74) is 2.62. The van der Waals surface area contributed by atoms with E-state index in [4.69, 9.17) is 5.26 Å². The molecule has 0 unspecified atom stereocenters. The Bertz CT molecular complexity index is 935. The van der Waals surface area contributed by atoms with Crippen LogP contribution in [-0.2, 0) is 0 Å². The van der Waals surface area contributed by atoms with Gasteiger partial charge in [-0.25, -0.2) is 0 Å². The Kier molecular flexibility index (Phi) is 3.01. The number of carbonyl (C=O) groups is 1. The van der Waals surface area contributed by atoms with Crippen molar-refractivity contribution in [2.24, 2.45) is 0 Å². The van der Waals surface area contributed by atoms with E-state index in [1.165, 1.54) is 6.20 Å². The van der Waals surface area contributed by atoms with E-state index in [1.807, 2.05) is 0 Å². The minimum atomic E-state index is -0.0264. The van der Waals surface area contributed by atoms with Crippen LogP contribution in [0.4, 0.5) is 0 Å². The zero-order valence-corrected chi connectivity index (χ0v) is 12.1. The highest BCUT2D eigenvalue weighted by molar-refractivity contribution is 5.97. The number of benzene rings is 1. The maximum absolute atomic E-state index is 12.5. The number of carbonyl (C=O) groups excluding carboxylic acids is 1. The number of nitriles is 1. The molecule has 0 N–H and O–H groups in total. The summed E-state index contributed by atoms with van der Waals surface area (Å²) in [6.07, 6.45) is 6.48. The second kappa shape index (κ2) is 5.18. The Labute approximate surface area is 131 Å². The smallest absolute Gasteiger partial charge is 0.254 e. The number of hydrogen-bond acceptors (Lipinski definition) is 5. The van der Waals surface area contributed by atoms with E-state index in [-0.39, 0.29) is 11.9 Å². The highest BCUT2D eigenvalue weighted by atomic mass is 16.2. The first-order chi connectivity index (χ1) is 11.2. The third-order valence-electron chi connectivity index (χ3n) is 3.97. The highest BCUT2D eigenvalue weighted by Gasteiger charge is 2.33. The third-order valence-corrected chi connectivity index (χ3v) is 3.97. The second-order valence-corrected chi connectivity index (χ2v) is 5.44. The summed E-state index contributed by atoms with van der Waals surface area (Å²) >= 11 is 0. The molecule has 1 aromatic carbocycles. The summed E-state index contributed by atoms with van der Waals surface area (Å²) in [6, 6.07) is 7.52. The fourth-order valence-corrected chi connectivity index (χ4v) is 2.66. The summed E-state index contributed by atoms with van der Waals surface area (Å²) in [5, 5.41) is 13.0. The van der Waals surface area contributed by atoms with Gasteiger partial charge in [-0.05, 0) is 18.2 Å². The monoisotopic (exact) mass is 304 g/mol. The van der Waals surface area contributed by atoms with Gasteiger partial charge in [0.1, 0.15) is 6.07 Å². The molecule has 0 radical (unpaired) electrons. The fraction of sp³-hybridized carbons (Fsp3) is 0.188. The number of fused-ring (bicyclic) bond motifs is 1. The van der Waals surface area contributed by atoms with Crippen LogP contribution in [0.5, 0.6) is 0 Å². The minimum absolute atomic E-state index is 0.0264. The molecule has 23 heavy (non-hydrogen) atoms. The van der Waals surface area contributed by atoms with Crippen molar-refractivity contribution in [2.45, 2.75) is 6.04 Å². The largest absolute Gasteiger partial charge is 0.334 e. The lowest BCUT2D eigenvalue weighted by Gasteiger charge is -2.39. The molecule has 1 aliphatic heterocycles. The maximum atomic E-state index is 12.5. The van der Waals surface area contributed by atoms with Gasteiger partial charge in [-0.1, -0.05) is 0 Å². The van der Waals surface area contributed by atoms with Crippen LogP contribution in [0.15, 0.2) is 43.0 Å². The molecule has 0 aliphatic carbocycles. The molecular weight excluding hydrogens is 292 g/mol. The molecule has 2 aromatic heterocycles. The predicted molar refractivity (Wildman–Crippen MR) is 81.4 cm³/mol. The van der Waals surface area contributed by atoms with Crippen molar-refractivity contribution >= 4 is 16.9 Å². The average Bonchev–Trinajstić information content (AvgIpc) is 3.01.